The summed E-state index contributed by atoms with van der Waals surface area (Å²) in [7, 11) is 1.83. The van der Waals surface area contributed by atoms with Gasteiger partial charge in [-0.15, -0.1) is 0 Å². The van der Waals surface area contributed by atoms with Gasteiger partial charge < -0.3 is 10.2 Å². The third-order valence-corrected chi connectivity index (χ3v) is 4.26. The van der Waals surface area contributed by atoms with Crippen molar-refractivity contribution in [2.24, 2.45) is 5.92 Å². The molecule has 0 spiro atoms. The SMILES string of the molecule is CC1CCCCC1NC(=O)NC(=O)CN(C)c1ccccc1. The number of rotatable bonds is 4. The van der Waals surface area contributed by atoms with E-state index in [1.165, 1.54) is 6.42 Å². The second kappa shape index (κ2) is 7.82. The van der Waals surface area contributed by atoms with Gasteiger partial charge in [-0.3, -0.25) is 10.1 Å². The molecule has 1 aliphatic carbocycles. The summed E-state index contributed by atoms with van der Waals surface area (Å²) in [4.78, 5) is 25.7. The summed E-state index contributed by atoms with van der Waals surface area (Å²) in [5.41, 5.74) is 0.943. The highest BCUT2D eigenvalue weighted by atomic mass is 16.2. The Balaban J connectivity index is 1.77. The van der Waals surface area contributed by atoms with Gasteiger partial charge in [0.05, 0.1) is 6.54 Å². The Labute approximate surface area is 132 Å². The van der Waals surface area contributed by atoms with Crippen molar-refractivity contribution in [3.63, 3.8) is 0 Å². The predicted octanol–water partition coefficient (Wildman–Crippen LogP) is 2.53. The minimum Gasteiger partial charge on any atom is -0.365 e. The van der Waals surface area contributed by atoms with Crippen LogP contribution in [0.5, 0.6) is 0 Å². The molecule has 22 heavy (non-hydrogen) atoms. The van der Waals surface area contributed by atoms with Gasteiger partial charge in [0.25, 0.3) is 0 Å². The average Bonchev–Trinajstić information content (AvgIpc) is 2.50. The van der Waals surface area contributed by atoms with Crippen LogP contribution in [0.25, 0.3) is 0 Å². The van der Waals surface area contributed by atoms with E-state index in [9.17, 15) is 9.59 Å². The van der Waals surface area contributed by atoms with Crippen molar-refractivity contribution in [1.29, 1.82) is 0 Å². The van der Waals surface area contributed by atoms with Crippen molar-refractivity contribution in [3.8, 4) is 0 Å². The summed E-state index contributed by atoms with van der Waals surface area (Å²) in [6, 6.07) is 9.41. The molecule has 0 aliphatic heterocycles. The van der Waals surface area contributed by atoms with E-state index in [4.69, 9.17) is 0 Å². The normalized spacial score (nSPS) is 21.0. The molecule has 1 fully saturated rings. The highest BCUT2D eigenvalue weighted by Gasteiger charge is 2.23. The minimum absolute atomic E-state index is 0.150. The molecule has 1 saturated carbocycles. The first-order valence-corrected chi connectivity index (χ1v) is 7.93. The van der Waals surface area contributed by atoms with Crippen molar-refractivity contribution in [2.75, 3.05) is 18.5 Å². The first kappa shape index (κ1) is 16.3. The number of carbonyl (C=O) groups is 2. The molecule has 0 aromatic heterocycles. The number of likely N-dealkylation sites (N-methyl/N-ethyl adjacent to an activating group) is 1. The van der Waals surface area contributed by atoms with E-state index in [1.807, 2.05) is 42.3 Å². The highest BCUT2D eigenvalue weighted by Crippen LogP contribution is 2.23. The summed E-state index contributed by atoms with van der Waals surface area (Å²) in [5, 5.41) is 5.34. The lowest BCUT2D eigenvalue weighted by Gasteiger charge is -2.29. The maximum absolute atomic E-state index is 11.9. The summed E-state index contributed by atoms with van der Waals surface area (Å²) < 4.78 is 0. The van der Waals surface area contributed by atoms with Crippen LogP contribution in [-0.4, -0.2) is 31.6 Å². The lowest BCUT2D eigenvalue weighted by molar-refractivity contribution is -0.118. The molecule has 3 amide bonds. The number of urea groups is 1. The van der Waals surface area contributed by atoms with Crippen LogP contribution in [0.15, 0.2) is 30.3 Å². The van der Waals surface area contributed by atoms with Gasteiger partial charge in [-0.2, -0.15) is 0 Å². The summed E-state index contributed by atoms with van der Waals surface area (Å²) >= 11 is 0. The number of nitrogens with zero attached hydrogens (tertiary/aromatic N) is 1. The second-order valence-electron chi connectivity index (χ2n) is 6.08. The summed E-state index contributed by atoms with van der Waals surface area (Å²) in [6.45, 7) is 2.30. The van der Waals surface area contributed by atoms with Crippen LogP contribution >= 0.6 is 0 Å². The largest absolute Gasteiger partial charge is 0.365 e. The van der Waals surface area contributed by atoms with Gasteiger partial charge in [0.1, 0.15) is 0 Å². The van der Waals surface area contributed by atoms with E-state index in [1.54, 1.807) is 0 Å². The molecule has 1 aromatic carbocycles. The first-order chi connectivity index (χ1) is 10.6. The lowest BCUT2D eigenvalue weighted by atomic mass is 9.86. The molecule has 1 aliphatic rings. The Morgan fingerprint density at radius 1 is 1.18 bits per heavy atom. The zero-order valence-electron chi connectivity index (χ0n) is 13.3. The Kier molecular flexibility index (Phi) is 5.81. The Morgan fingerprint density at radius 2 is 1.86 bits per heavy atom. The Morgan fingerprint density at radius 3 is 2.55 bits per heavy atom. The molecule has 0 bridgehead atoms. The topological polar surface area (TPSA) is 61.4 Å². The number of para-hydroxylation sites is 1. The molecule has 2 unspecified atom stereocenters. The van der Waals surface area contributed by atoms with E-state index in [0.717, 1.165) is 24.9 Å². The van der Waals surface area contributed by atoms with Crippen LogP contribution in [-0.2, 0) is 4.79 Å². The van der Waals surface area contributed by atoms with Crippen LogP contribution in [0.2, 0.25) is 0 Å². The molecule has 0 saturated heterocycles. The quantitative estimate of drug-likeness (QED) is 0.898. The smallest absolute Gasteiger partial charge is 0.321 e. The first-order valence-electron chi connectivity index (χ1n) is 7.93. The van der Waals surface area contributed by atoms with Crippen LogP contribution in [0.1, 0.15) is 32.6 Å². The average molecular weight is 303 g/mol. The number of anilines is 1. The number of hydrogen-bond acceptors (Lipinski definition) is 3. The lowest BCUT2D eigenvalue weighted by Crippen LogP contribution is -2.49. The van der Waals surface area contributed by atoms with Gasteiger partial charge in [0.15, 0.2) is 0 Å². The van der Waals surface area contributed by atoms with Crippen LogP contribution in [0.3, 0.4) is 0 Å². The van der Waals surface area contributed by atoms with Crippen molar-refractivity contribution >= 4 is 17.6 Å². The van der Waals surface area contributed by atoms with Crippen molar-refractivity contribution in [1.82, 2.24) is 10.6 Å². The number of benzene rings is 1. The zero-order valence-corrected chi connectivity index (χ0v) is 13.3. The van der Waals surface area contributed by atoms with E-state index < -0.39 is 0 Å². The van der Waals surface area contributed by atoms with E-state index in [0.29, 0.717) is 5.92 Å². The second-order valence-corrected chi connectivity index (χ2v) is 6.08. The van der Waals surface area contributed by atoms with Gasteiger partial charge in [0.2, 0.25) is 5.91 Å². The van der Waals surface area contributed by atoms with Gasteiger partial charge in [-0.25, -0.2) is 4.79 Å². The maximum Gasteiger partial charge on any atom is 0.321 e. The Hall–Kier alpha value is -2.04. The molecule has 1 aromatic rings. The predicted molar refractivity (Wildman–Crippen MR) is 87.8 cm³/mol. The van der Waals surface area contributed by atoms with Crippen LogP contribution in [0, 0.1) is 5.92 Å². The van der Waals surface area contributed by atoms with Crippen molar-refractivity contribution < 1.29 is 9.59 Å². The fourth-order valence-corrected chi connectivity index (χ4v) is 2.89. The number of hydrogen-bond donors (Lipinski definition) is 2. The van der Waals surface area contributed by atoms with Gasteiger partial charge in [-0.05, 0) is 30.9 Å². The standard InChI is InChI=1S/C17H25N3O2/c1-13-8-6-7-11-15(13)18-17(22)19-16(21)12-20(2)14-9-4-3-5-10-14/h3-5,9-10,13,15H,6-8,11-12H2,1-2H3,(H2,18,19,21,22). The van der Waals surface area contributed by atoms with E-state index in [-0.39, 0.29) is 24.5 Å². The van der Waals surface area contributed by atoms with Crippen LogP contribution in [0.4, 0.5) is 10.5 Å². The van der Waals surface area contributed by atoms with Gasteiger partial charge in [0, 0.05) is 18.8 Å². The molecular weight excluding hydrogens is 278 g/mol. The maximum atomic E-state index is 11.9. The number of amides is 3. The molecule has 2 rings (SSSR count). The monoisotopic (exact) mass is 303 g/mol. The van der Waals surface area contributed by atoms with Crippen molar-refractivity contribution in [2.45, 2.75) is 38.6 Å². The molecule has 0 heterocycles. The van der Waals surface area contributed by atoms with Crippen molar-refractivity contribution in [3.05, 3.63) is 30.3 Å². The number of imide groups is 1. The van der Waals surface area contributed by atoms with Gasteiger partial charge in [-0.1, -0.05) is 38.0 Å². The molecule has 0 radical (unpaired) electrons. The fourth-order valence-electron chi connectivity index (χ4n) is 2.89. The molecular formula is C17H25N3O2. The Bertz CT molecular complexity index is 504. The number of carbonyl (C=O) groups excluding carboxylic acids is 2. The summed E-state index contributed by atoms with van der Waals surface area (Å²) in [5.74, 6) is 0.175. The molecule has 2 atom stereocenters. The number of nitrogens with one attached hydrogen (secondary N) is 2. The molecule has 5 nitrogen and oxygen atoms in total. The zero-order chi connectivity index (χ0) is 15.9. The fraction of sp³-hybridized carbons (Fsp3) is 0.529. The molecule has 5 heteroatoms. The van der Waals surface area contributed by atoms with Crippen LogP contribution < -0.4 is 15.5 Å². The van der Waals surface area contributed by atoms with E-state index >= 15 is 0 Å². The molecule has 2 N–H and O–H groups in total. The third kappa shape index (κ3) is 4.76. The minimum atomic E-state index is -0.384. The highest BCUT2D eigenvalue weighted by molar-refractivity contribution is 5.96. The third-order valence-electron chi connectivity index (χ3n) is 4.26. The van der Waals surface area contributed by atoms with E-state index in [2.05, 4.69) is 17.6 Å². The summed E-state index contributed by atoms with van der Waals surface area (Å²) in [6.07, 6.45) is 4.49. The molecule has 120 valence electrons. The van der Waals surface area contributed by atoms with Gasteiger partial charge >= 0.3 is 6.03 Å².